The van der Waals surface area contributed by atoms with Crippen LogP contribution in [0.15, 0.2) is 24.3 Å². The molecule has 3 amide bonds. The van der Waals surface area contributed by atoms with E-state index in [1.54, 1.807) is 24.3 Å². The van der Waals surface area contributed by atoms with Gasteiger partial charge in [-0.1, -0.05) is 0 Å². The zero-order valence-corrected chi connectivity index (χ0v) is 15.6. The van der Waals surface area contributed by atoms with Gasteiger partial charge < -0.3 is 25.3 Å². The molecule has 1 saturated heterocycles. The van der Waals surface area contributed by atoms with E-state index in [0.717, 1.165) is 50.5 Å². The highest BCUT2D eigenvalue weighted by molar-refractivity contribution is 5.95. The van der Waals surface area contributed by atoms with Crippen molar-refractivity contribution in [2.75, 3.05) is 18.5 Å². The van der Waals surface area contributed by atoms with Gasteiger partial charge in [0.05, 0.1) is 12.6 Å². The Kier molecular flexibility index (Phi) is 5.52. The first-order valence-electron chi connectivity index (χ1n) is 9.65. The molecule has 9 nitrogen and oxygen atoms in total. The molecule has 2 aliphatic rings. The predicted molar refractivity (Wildman–Crippen MR) is 102 cm³/mol. The Morgan fingerprint density at radius 2 is 2.00 bits per heavy atom. The number of urea groups is 1. The van der Waals surface area contributed by atoms with Gasteiger partial charge in [-0.15, -0.1) is 10.2 Å². The van der Waals surface area contributed by atoms with E-state index in [1.165, 1.54) is 0 Å². The maximum absolute atomic E-state index is 12.2. The smallest absolute Gasteiger partial charge is 0.319 e. The summed E-state index contributed by atoms with van der Waals surface area (Å²) in [6.07, 6.45) is 4.14. The highest BCUT2D eigenvalue weighted by Crippen LogP contribution is 2.14. The number of aromatic nitrogens is 3. The molecule has 3 N–H and O–H groups in total. The first-order valence-corrected chi connectivity index (χ1v) is 9.65. The van der Waals surface area contributed by atoms with Crippen LogP contribution in [0.25, 0.3) is 0 Å². The number of amides is 3. The lowest BCUT2D eigenvalue weighted by Crippen LogP contribution is -2.31. The number of fused-ring (bicyclic) bond motifs is 1. The number of anilines is 1. The van der Waals surface area contributed by atoms with Crippen molar-refractivity contribution in [3.63, 3.8) is 0 Å². The van der Waals surface area contributed by atoms with Gasteiger partial charge in [-0.25, -0.2) is 4.79 Å². The van der Waals surface area contributed by atoms with Gasteiger partial charge in [-0.3, -0.25) is 4.79 Å². The lowest BCUT2D eigenvalue weighted by molar-refractivity contribution is 0.0858. The van der Waals surface area contributed by atoms with Crippen LogP contribution in [0.3, 0.4) is 0 Å². The number of carbonyl (C=O) groups is 2. The Hall–Kier alpha value is -2.94. The summed E-state index contributed by atoms with van der Waals surface area (Å²) < 4.78 is 7.54. The fourth-order valence-corrected chi connectivity index (χ4v) is 3.49. The minimum Gasteiger partial charge on any atom is -0.376 e. The molecule has 0 spiro atoms. The van der Waals surface area contributed by atoms with Crippen molar-refractivity contribution >= 4 is 17.6 Å². The van der Waals surface area contributed by atoms with Crippen molar-refractivity contribution in [1.29, 1.82) is 0 Å². The SMILES string of the molecule is O=C(NCc1nnc2n1CCC2)Nc1ccc(C(=O)NC[C@@H]2CCCO2)cc1. The molecule has 0 aliphatic carbocycles. The second kappa shape index (κ2) is 8.39. The maximum atomic E-state index is 12.2. The molecule has 9 heteroatoms. The van der Waals surface area contributed by atoms with Gasteiger partial charge in [-0.05, 0) is 43.5 Å². The molecule has 2 aliphatic heterocycles. The van der Waals surface area contributed by atoms with E-state index in [1.807, 2.05) is 4.57 Å². The van der Waals surface area contributed by atoms with Crippen molar-refractivity contribution < 1.29 is 14.3 Å². The number of ether oxygens (including phenoxy) is 1. The molecule has 0 bridgehead atoms. The van der Waals surface area contributed by atoms with Crippen molar-refractivity contribution in [3.8, 4) is 0 Å². The summed E-state index contributed by atoms with van der Waals surface area (Å²) in [5.41, 5.74) is 1.16. The number of nitrogens with zero attached hydrogens (tertiary/aromatic N) is 3. The van der Waals surface area contributed by atoms with Gasteiger partial charge >= 0.3 is 6.03 Å². The van der Waals surface area contributed by atoms with E-state index in [4.69, 9.17) is 4.74 Å². The van der Waals surface area contributed by atoms with Gasteiger partial charge in [0.2, 0.25) is 0 Å². The van der Waals surface area contributed by atoms with Crippen LogP contribution in [0, 0.1) is 0 Å². The molecule has 1 aromatic heterocycles. The summed E-state index contributed by atoms with van der Waals surface area (Å²) >= 11 is 0. The summed E-state index contributed by atoms with van der Waals surface area (Å²) in [4.78, 5) is 24.3. The van der Waals surface area contributed by atoms with E-state index < -0.39 is 0 Å². The Morgan fingerprint density at radius 1 is 1.14 bits per heavy atom. The second-order valence-corrected chi connectivity index (χ2v) is 7.02. The van der Waals surface area contributed by atoms with E-state index in [0.29, 0.717) is 24.3 Å². The molecule has 1 fully saturated rings. The standard InChI is InChI=1S/C19H24N6O3/c26-18(20-11-15-3-2-10-28-15)13-5-7-14(8-6-13)22-19(27)21-12-17-24-23-16-4-1-9-25(16)17/h5-8,15H,1-4,9-12H2,(H,20,26)(H2,21,22,27)/t15-/m0/s1. The lowest BCUT2D eigenvalue weighted by Gasteiger charge is -2.11. The molecule has 2 aromatic rings. The van der Waals surface area contributed by atoms with Crippen LogP contribution in [0.5, 0.6) is 0 Å². The molecule has 3 heterocycles. The fraction of sp³-hybridized carbons (Fsp3) is 0.474. The van der Waals surface area contributed by atoms with Gasteiger partial charge in [-0.2, -0.15) is 0 Å². The highest BCUT2D eigenvalue weighted by Gasteiger charge is 2.18. The predicted octanol–water partition coefficient (Wildman–Crippen LogP) is 1.45. The summed E-state index contributed by atoms with van der Waals surface area (Å²) in [7, 11) is 0. The van der Waals surface area contributed by atoms with Gasteiger partial charge in [0.1, 0.15) is 5.82 Å². The van der Waals surface area contributed by atoms with Crippen molar-refractivity contribution in [1.82, 2.24) is 25.4 Å². The molecule has 0 unspecified atom stereocenters. The molecule has 0 radical (unpaired) electrons. The van der Waals surface area contributed by atoms with Gasteiger partial charge in [0.15, 0.2) is 5.82 Å². The summed E-state index contributed by atoms with van der Waals surface area (Å²) in [5, 5.41) is 16.7. The van der Waals surface area contributed by atoms with Crippen molar-refractivity contribution in [2.24, 2.45) is 0 Å². The quantitative estimate of drug-likeness (QED) is 0.698. The number of aryl methyl sites for hydroxylation is 1. The first-order chi connectivity index (χ1) is 13.7. The van der Waals surface area contributed by atoms with Crippen LogP contribution in [-0.4, -0.2) is 46.0 Å². The van der Waals surface area contributed by atoms with E-state index >= 15 is 0 Å². The molecular formula is C19H24N6O3. The Labute approximate surface area is 162 Å². The van der Waals surface area contributed by atoms with E-state index in [-0.39, 0.29) is 18.0 Å². The third-order valence-corrected chi connectivity index (χ3v) is 5.01. The largest absolute Gasteiger partial charge is 0.376 e. The van der Waals surface area contributed by atoms with Gasteiger partial charge in [0, 0.05) is 37.4 Å². The molecule has 0 saturated carbocycles. The topological polar surface area (TPSA) is 110 Å². The minimum absolute atomic E-state index is 0.111. The first kappa shape index (κ1) is 18.4. The number of carbonyl (C=O) groups excluding carboxylic acids is 2. The molecule has 1 atom stereocenters. The van der Waals surface area contributed by atoms with Crippen LogP contribution in [0.1, 0.15) is 41.3 Å². The zero-order valence-electron chi connectivity index (χ0n) is 15.6. The van der Waals surface area contributed by atoms with Crippen LogP contribution in [0.4, 0.5) is 10.5 Å². The minimum atomic E-state index is -0.328. The van der Waals surface area contributed by atoms with E-state index in [2.05, 4.69) is 26.1 Å². The fourth-order valence-electron chi connectivity index (χ4n) is 3.49. The average molecular weight is 384 g/mol. The number of rotatable bonds is 6. The number of nitrogens with one attached hydrogen (secondary N) is 3. The Balaban J connectivity index is 1.24. The Morgan fingerprint density at radius 3 is 2.79 bits per heavy atom. The average Bonchev–Trinajstić information content (AvgIpc) is 3.44. The Bertz CT molecular complexity index is 842. The normalized spacial score (nSPS) is 17.9. The van der Waals surface area contributed by atoms with Crippen molar-refractivity contribution in [2.45, 2.75) is 44.9 Å². The summed E-state index contributed by atoms with van der Waals surface area (Å²) in [5.74, 6) is 1.60. The van der Waals surface area contributed by atoms with Crippen LogP contribution in [0.2, 0.25) is 0 Å². The number of hydrogen-bond acceptors (Lipinski definition) is 5. The third-order valence-electron chi connectivity index (χ3n) is 5.01. The van der Waals surface area contributed by atoms with Gasteiger partial charge in [0.25, 0.3) is 5.91 Å². The summed E-state index contributed by atoms with van der Waals surface area (Å²) in [6, 6.07) is 6.45. The molecule has 28 heavy (non-hydrogen) atoms. The van der Waals surface area contributed by atoms with Crippen LogP contribution in [-0.2, 0) is 24.2 Å². The van der Waals surface area contributed by atoms with Crippen LogP contribution >= 0.6 is 0 Å². The maximum Gasteiger partial charge on any atom is 0.319 e. The van der Waals surface area contributed by atoms with E-state index in [9.17, 15) is 9.59 Å². The molecule has 4 rings (SSSR count). The summed E-state index contributed by atoms with van der Waals surface area (Å²) in [6.45, 7) is 2.51. The molecule has 148 valence electrons. The zero-order chi connectivity index (χ0) is 19.3. The molecule has 1 aromatic carbocycles. The van der Waals surface area contributed by atoms with Crippen molar-refractivity contribution in [3.05, 3.63) is 41.5 Å². The monoisotopic (exact) mass is 384 g/mol. The van der Waals surface area contributed by atoms with Crippen LogP contribution < -0.4 is 16.0 Å². The third kappa shape index (κ3) is 4.30. The lowest BCUT2D eigenvalue weighted by atomic mass is 10.2. The molecular weight excluding hydrogens is 360 g/mol. The number of benzene rings is 1. The number of hydrogen-bond donors (Lipinski definition) is 3. The second-order valence-electron chi connectivity index (χ2n) is 7.02. The highest BCUT2D eigenvalue weighted by atomic mass is 16.5.